The van der Waals surface area contributed by atoms with Gasteiger partial charge in [0.25, 0.3) is 0 Å². The Labute approximate surface area is 134 Å². The van der Waals surface area contributed by atoms with Gasteiger partial charge in [-0.1, -0.05) is 6.07 Å². The monoisotopic (exact) mass is 397 g/mol. The van der Waals surface area contributed by atoms with E-state index in [1.54, 1.807) is 11.3 Å². The van der Waals surface area contributed by atoms with Gasteiger partial charge in [-0.2, -0.15) is 0 Å². The van der Waals surface area contributed by atoms with Gasteiger partial charge in [-0.15, -0.1) is 35.3 Å². The smallest absolute Gasteiger partial charge is 0.188 e. The SMILES string of the molecule is I.NC(=NCC1COCCO1)NCCc1cccs1. The molecule has 1 fully saturated rings. The third kappa shape index (κ3) is 6.55. The highest BCUT2D eigenvalue weighted by molar-refractivity contribution is 14.0. The number of hydrogen-bond acceptors (Lipinski definition) is 4. The lowest BCUT2D eigenvalue weighted by Crippen LogP contribution is -2.36. The van der Waals surface area contributed by atoms with Gasteiger partial charge < -0.3 is 20.5 Å². The number of rotatable bonds is 5. The minimum absolute atomic E-state index is 0. The molecule has 1 saturated heterocycles. The fourth-order valence-electron chi connectivity index (χ4n) is 1.67. The zero-order valence-electron chi connectivity index (χ0n) is 10.7. The molecule has 1 aromatic heterocycles. The number of hydrogen-bond donors (Lipinski definition) is 2. The number of nitrogens with two attached hydrogens (primary N) is 1. The molecule has 0 spiro atoms. The summed E-state index contributed by atoms with van der Waals surface area (Å²) >= 11 is 1.75. The number of halogens is 1. The summed E-state index contributed by atoms with van der Waals surface area (Å²) < 4.78 is 10.8. The van der Waals surface area contributed by atoms with Crippen LogP contribution in [-0.2, 0) is 15.9 Å². The first-order valence-electron chi connectivity index (χ1n) is 6.10. The van der Waals surface area contributed by atoms with Crippen molar-refractivity contribution in [2.45, 2.75) is 12.5 Å². The second-order valence-corrected chi connectivity index (χ2v) is 5.08. The van der Waals surface area contributed by atoms with Crippen LogP contribution in [0.5, 0.6) is 0 Å². The molecule has 1 aromatic rings. The molecule has 3 N–H and O–H groups in total. The quantitative estimate of drug-likeness (QED) is 0.446. The lowest BCUT2D eigenvalue weighted by molar-refractivity contribution is -0.0832. The van der Waals surface area contributed by atoms with Crippen molar-refractivity contribution in [3.05, 3.63) is 22.4 Å². The number of ether oxygens (including phenoxy) is 2. The third-order valence-corrected chi connectivity index (χ3v) is 3.54. The van der Waals surface area contributed by atoms with E-state index in [-0.39, 0.29) is 30.1 Å². The summed E-state index contributed by atoms with van der Waals surface area (Å²) in [6.45, 7) is 3.28. The van der Waals surface area contributed by atoms with Crippen molar-refractivity contribution in [3.8, 4) is 0 Å². The van der Waals surface area contributed by atoms with E-state index in [4.69, 9.17) is 15.2 Å². The molecule has 108 valence electrons. The van der Waals surface area contributed by atoms with Gasteiger partial charge in [-0.3, -0.25) is 4.99 Å². The van der Waals surface area contributed by atoms with Gasteiger partial charge in [0.15, 0.2) is 5.96 Å². The molecule has 0 saturated carbocycles. The summed E-state index contributed by atoms with van der Waals surface area (Å²) in [7, 11) is 0. The predicted octanol–water partition coefficient (Wildman–Crippen LogP) is 1.23. The number of guanidine groups is 1. The van der Waals surface area contributed by atoms with Gasteiger partial charge in [-0.25, -0.2) is 0 Å². The molecule has 1 aliphatic rings. The predicted molar refractivity (Wildman–Crippen MR) is 88.5 cm³/mol. The molecule has 1 unspecified atom stereocenters. The van der Waals surface area contributed by atoms with Crippen LogP contribution in [0.3, 0.4) is 0 Å². The van der Waals surface area contributed by atoms with Gasteiger partial charge in [0.2, 0.25) is 0 Å². The maximum absolute atomic E-state index is 5.78. The second-order valence-electron chi connectivity index (χ2n) is 4.05. The van der Waals surface area contributed by atoms with Gasteiger partial charge >= 0.3 is 0 Å². The van der Waals surface area contributed by atoms with Crippen LogP contribution in [0.4, 0.5) is 0 Å². The van der Waals surface area contributed by atoms with Crippen LogP contribution < -0.4 is 11.1 Å². The third-order valence-electron chi connectivity index (χ3n) is 2.61. The van der Waals surface area contributed by atoms with Crippen molar-refractivity contribution in [1.82, 2.24) is 5.32 Å². The first kappa shape index (κ1) is 16.7. The van der Waals surface area contributed by atoms with Gasteiger partial charge in [-0.05, 0) is 17.9 Å². The Balaban J connectivity index is 0.00000180. The zero-order chi connectivity index (χ0) is 12.6. The van der Waals surface area contributed by atoms with Gasteiger partial charge in [0, 0.05) is 11.4 Å². The van der Waals surface area contributed by atoms with E-state index in [1.165, 1.54) is 4.88 Å². The topological polar surface area (TPSA) is 68.9 Å². The molecule has 2 heterocycles. The zero-order valence-corrected chi connectivity index (χ0v) is 13.9. The van der Waals surface area contributed by atoms with Crippen LogP contribution >= 0.6 is 35.3 Å². The molecule has 19 heavy (non-hydrogen) atoms. The van der Waals surface area contributed by atoms with Crippen LogP contribution in [0.1, 0.15) is 4.88 Å². The summed E-state index contributed by atoms with van der Waals surface area (Å²) in [4.78, 5) is 5.59. The lowest BCUT2D eigenvalue weighted by Gasteiger charge is -2.21. The molecule has 0 amide bonds. The minimum atomic E-state index is 0. The number of thiophene rings is 1. The first-order valence-corrected chi connectivity index (χ1v) is 6.98. The molecule has 2 rings (SSSR count). The Morgan fingerprint density at radius 2 is 2.42 bits per heavy atom. The molecule has 7 heteroatoms. The molecular weight excluding hydrogens is 377 g/mol. The van der Waals surface area contributed by atoms with E-state index >= 15 is 0 Å². The number of nitrogens with one attached hydrogen (secondary N) is 1. The summed E-state index contributed by atoms with van der Waals surface area (Å²) in [5.74, 6) is 0.473. The molecule has 0 bridgehead atoms. The van der Waals surface area contributed by atoms with Crippen LogP contribution in [0, 0.1) is 0 Å². The average molecular weight is 397 g/mol. The van der Waals surface area contributed by atoms with Crippen molar-refractivity contribution in [1.29, 1.82) is 0 Å². The van der Waals surface area contributed by atoms with Crippen molar-refractivity contribution >= 4 is 41.3 Å². The van der Waals surface area contributed by atoms with Gasteiger partial charge in [0.05, 0.1) is 26.4 Å². The highest BCUT2D eigenvalue weighted by Gasteiger charge is 2.13. The Morgan fingerprint density at radius 1 is 1.53 bits per heavy atom. The Hall–Kier alpha value is -0.380. The highest BCUT2D eigenvalue weighted by Crippen LogP contribution is 2.07. The molecule has 0 radical (unpaired) electrons. The van der Waals surface area contributed by atoms with E-state index in [0.29, 0.717) is 32.3 Å². The molecular formula is C12H20IN3O2S. The van der Waals surface area contributed by atoms with Gasteiger partial charge in [0.1, 0.15) is 6.10 Å². The normalized spacial score (nSPS) is 19.8. The van der Waals surface area contributed by atoms with Crippen LogP contribution in [-0.4, -0.2) is 45.0 Å². The molecule has 1 atom stereocenters. The Bertz CT molecular complexity index is 367. The van der Waals surface area contributed by atoms with Crippen LogP contribution in [0.25, 0.3) is 0 Å². The first-order chi connectivity index (χ1) is 8.84. The van der Waals surface area contributed by atoms with E-state index in [1.807, 2.05) is 0 Å². The maximum atomic E-state index is 5.78. The Kier molecular flexibility index (Phi) is 8.35. The van der Waals surface area contributed by atoms with E-state index in [9.17, 15) is 0 Å². The van der Waals surface area contributed by atoms with E-state index in [2.05, 4.69) is 27.8 Å². The number of aliphatic imine (C=N–C) groups is 1. The summed E-state index contributed by atoms with van der Waals surface area (Å²) in [5.41, 5.74) is 5.78. The number of nitrogens with zero attached hydrogens (tertiary/aromatic N) is 1. The van der Waals surface area contributed by atoms with Crippen LogP contribution in [0.15, 0.2) is 22.5 Å². The maximum Gasteiger partial charge on any atom is 0.188 e. The largest absolute Gasteiger partial charge is 0.376 e. The minimum Gasteiger partial charge on any atom is -0.376 e. The lowest BCUT2D eigenvalue weighted by atomic mass is 10.3. The molecule has 5 nitrogen and oxygen atoms in total. The molecule has 0 aromatic carbocycles. The standard InChI is InChI=1S/C12H19N3O2S.HI/c13-12(14-4-3-11-2-1-7-18-11)15-8-10-9-16-5-6-17-10;/h1-2,7,10H,3-6,8-9H2,(H3,13,14,15);1H. The van der Waals surface area contributed by atoms with E-state index < -0.39 is 0 Å². The summed E-state index contributed by atoms with van der Waals surface area (Å²) in [5, 5.41) is 5.18. The van der Waals surface area contributed by atoms with Crippen molar-refractivity contribution in [2.24, 2.45) is 10.7 Å². The van der Waals surface area contributed by atoms with Crippen LogP contribution in [0.2, 0.25) is 0 Å². The fourth-order valence-corrected chi connectivity index (χ4v) is 2.38. The summed E-state index contributed by atoms with van der Waals surface area (Å²) in [6.07, 6.45) is 1.01. The van der Waals surface area contributed by atoms with E-state index in [0.717, 1.165) is 13.0 Å². The second kappa shape index (κ2) is 9.51. The summed E-state index contributed by atoms with van der Waals surface area (Å²) in [6, 6.07) is 4.17. The Morgan fingerprint density at radius 3 is 3.11 bits per heavy atom. The fraction of sp³-hybridized carbons (Fsp3) is 0.583. The van der Waals surface area contributed by atoms with Crippen molar-refractivity contribution < 1.29 is 9.47 Å². The van der Waals surface area contributed by atoms with Crippen molar-refractivity contribution in [3.63, 3.8) is 0 Å². The molecule has 1 aliphatic heterocycles. The molecule has 0 aliphatic carbocycles. The average Bonchev–Trinajstić information content (AvgIpc) is 2.91. The highest BCUT2D eigenvalue weighted by atomic mass is 127. The van der Waals surface area contributed by atoms with Crippen molar-refractivity contribution in [2.75, 3.05) is 32.9 Å².